The number of benzene rings is 1. The van der Waals surface area contributed by atoms with E-state index < -0.39 is 0 Å². The van der Waals surface area contributed by atoms with Crippen molar-refractivity contribution in [2.24, 2.45) is 0 Å². The average Bonchev–Trinajstić information content (AvgIpc) is 3.11. The first-order chi connectivity index (χ1) is 13.4. The number of rotatable bonds is 5. The number of methoxy groups -OCH3 is 1. The van der Waals surface area contributed by atoms with Gasteiger partial charge in [-0.1, -0.05) is 6.92 Å². The van der Waals surface area contributed by atoms with Gasteiger partial charge in [-0.15, -0.1) is 0 Å². The van der Waals surface area contributed by atoms with Crippen molar-refractivity contribution in [1.29, 1.82) is 0 Å². The zero-order valence-corrected chi connectivity index (χ0v) is 16.4. The molecule has 1 aliphatic heterocycles. The number of ether oxygens (including phenoxy) is 1. The third-order valence-corrected chi connectivity index (χ3v) is 4.73. The molecule has 28 heavy (non-hydrogen) atoms. The van der Waals surface area contributed by atoms with Crippen LogP contribution in [0.4, 0.5) is 4.79 Å². The van der Waals surface area contributed by atoms with Gasteiger partial charge in [-0.2, -0.15) is 0 Å². The highest BCUT2D eigenvalue weighted by Gasteiger charge is 2.32. The Kier molecular flexibility index (Phi) is 5.35. The predicted octanol–water partition coefficient (Wildman–Crippen LogP) is 3.18. The van der Waals surface area contributed by atoms with E-state index >= 15 is 0 Å². The van der Waals surface area contributed by atoms with Gasteiger partial charge in [-0.25, -0.2) is 9.59 Å². The average molecular weight is 381 g/mol. The molecule has 1 aliphatic rings. The maximum Gasteiger partial charge on any atom is 0.337 e. The van der Waals surface area contributed by atoms with Crippen molar-refractivity contribution in [1.82, 2.24) is 14.8 Å². The van der Waals surface area contributed by atoms with Crippen molar-refractivity contribution in [3.8, 4) is 5.69 Å². The number of aromatic nitrogens is 1. The third-order valence-electron chi connectivity index (χ3n) is 4.73. The standard InChI is InChI=1S/C21H23N3O4/c1-5-10-23-19(25)18(22-21(23)27)12-16-11-13(2)24(14(16)3)17-8-6-15(7-9-17)20(26)28-4/h6-9,11-12H,5,10H2,1-4H3,(H,22,27)/b18-12+. The summed E-state index contributed by atoms with van der Waals surface area (Å²) in [7, 11) is 1.35. The number of nitrogens with zero attached hydrogens (tertiary/aromatic N) is 2. The lowest BCUT2D eigenvalue weighted by molar-refractivity contribution is -0.122. The summed E-state index contributed by atoms with van der Waals surface area (Å²) in [5.74, 6) is -0.691. The van der Waals surface area contributed by atoms with Gasteiger partial charge in [0.25, 0.3) is 5.91 Å². The first-order valence-electron chi connectivity index (χ1n) is 9.09. The van der Waals surface area contributed by atoms with Gasteiger partial charge in [-0.3, -0.25) is 9.69 Å². The maximum atomic E-state index is 12.4. The van der Waals surface area contributed by atoms with Gasteiger partial charge in [-0.05, 0) is 62.2 Å². The van der Waals surface area contributed by atoms with Crippen LogP contribution in [-0.4, -0.2) is 41.0 Å². The molecule has 3 rings (SSSR count). The minimum absolute atomic E-state index is 0.278. The Morgan fingerprint density at radius 1 is 1.18 bits per heavy atom. The number of urea groups is 1. The van der Waals surface area contributed by atoms with E-state index in [0.717, 1.165) is 22.6 Å². The van der Waals surface area contributed by atoms with Crippen LogP contribution in [0.1, 0.15) is 40.7 Å². The third kappa shape index (κ3) is 3.43. The minimum Gasteiger partial charge on any atom is -0.465 e. The molecule has 1 aromatic heterocycles. The van der Waals surface area contributed by atoms with Crippen molar-refractivity contribution < 1.29 is 19.1 Å². The molecule has 3 amide bonds. The monoisotopic (exact) mass is 381 g/mol. The Bertz CT molecular complexity index is 970. The summed E-state index contributed by atoms with van der Waals surface area (Å²) >= 11 is 0. The molecule has 0 unspecified atom stereocenters. The van der Waals surface area contributed by atoms with Gasteiger partial charge in [0.1, 0.15) is 5.70 Å². The van der Waals surface area contributed by atoms with Gasteiger partial charge in [0.2, 0.25) is 0 Å². The van der Waals surface area contributed by atoms with E-state index in [2.05, 4.69) is 5.32 Å². The number of hydrogen-bond donors (Lipinski definition) is 1. The van der Waals surface area contributed by atoms with Gasteiger partial charge < -0.3 is 14.6 Å². The lowest BCUT2D eigenvalue weighted by Crippen LogP contribution is -2.31. The first kappa shape index (κ1) is 19.4. The second-order valence-corrected chi connectivity index (χ2v) is 6.65. The van der Waals surface area contributed by atoms with Crippen LogP contribution in [0.5, 0.6) is 0 Å². The van der Waals surface area contributed by atoms with Gasteiger partial charge in [0, 0.05) is 23.6 Å². The summed E-state index contributed by atoms with van der Waals surface area (Å²) in [6.45, 7) is 6.22. The fraction of sp³-hybridized carbons (Fsp3) is 0.286. The summed E-state index contributed by atoms with van der Waals surface area (Å²) in [6, 6.07) is 8.68. The van der Waals surface area contributed by atoms with Gasteiger partial charge in [0.15, 0.2) is 0 Å². The highest BCUT2D eigenvalue weighted by Crippen LogP contribution is 2.24. The number of hydrogen-bond acceptors (Lipinski definition) is 4. The van der Waals surface area contributed by atoms with E-state index in [9.17, 15) is 14.4 Å². The number of imide groups is 1. The molecule has 1 N–H and O–H groups in total. The summed E-state index contributed by atoms with van der Waals surface area (Å²) in [4.78, 5) is 37.2. The lowest BCUT2D eigenvalue weighted by Gasteiger charge is -2.10. The maximum absolute atomic E-state index is 12.4. The van der Waals surface area contributed by atoms with Crippen molar-refractivity contribution in [2.75, 3.05) is 13.7 Å². The molecule has 7 nitrogen and oxygen atoms in total. The molecule has 0 aliphatic carbocycles. The van der Waals surface area contributed by atoms with Crippen LogP contribution in [0.3, 0.4) is 0 Å². The second kappa shape index (κ2) is 7.72. The molecular formula is C21H23N3O4. The van der Waals surface area contributed by atoms with E-state index in [4.69, 9.17) is 4.74 Å². The molecule has 1 aromatic carbocycles. The second-order valence-electron chi connectivity index (χ2n) is 6.65. The predicted molar refractivity (Wildman–Crippen MR) is 105 cm³/mol. The molecule has 146 valence electrons. The van der Waals surface area contributed by atoms with E-state index in [0.29, 0.717) is 18.5 Å². The van der Waals surface area contributed by atoms with Gasteiger partial charge >= 0.3 is 12.0 Å². The molecular weight excluding hydrogens is 358 g/mol. The van der Waals surface area contributed by atoms with Crippen molar-refractivity contribution in [3.63, 3.8) is 0 Å². The Balaban J connectivity index is 1.94. The number of esters is 1. The first-order valence-corrected chi connectivity index (χ1v) is 9.09. The number of carbonyl (C=O) groups excluding carboxylic acids is 3. The van der Waals surface area contributed by atoms with Crippen molar-refractivity contribution in [2.45, 2.75) is 27.2 Å². The Hall–Kier alpha value is -3.35. The van der Waals surface area contributed by atoms with Crippen LogP contribution in [0, 0.1) is 13.8 Å². The molecule has 2 aromatic rings. The Morgan fingerprint density at radius 3 is 2.46 bits per heavy atom. The van der Waals surface area contributed by atoms with Crippen LogP contribution in [0.2, 0.25) is 0 Å². The highest BCUT2D eigenvalue weighted by molar-refractivity contribution is 6.14. The van der Waals surface area contributed by atoms with Crippen molar-refractivity contribution >= 4 is 24.0 Å². The topological polar surface area (TPSA) is 80.6 Å². The Morgan fingerprint density at radius 2 is 1.86 bits per heavy atom. The van der Waals surface area contributed by atoms with Crippen LogP contribution >= 0.6 is 0 Å². The fourth-order valence-corrected chi connectivity index (χ4v) is 3.35. The van der Waals surface area contributed by atoms with Crippen LogP contribution in [0.15, 0.2) is 36.0 Å². The zero-order valence-electron chi connectivity index (χ0n) is 16.4. The molecule has 0 saturated carbocycles. The largest absolute Gasteiger partial charge is 0.465 e. The number of aryl methyl sites for hydroxylation is 1. The molecule has 0 radical (unpaired) electrons. The SMILES string of the molecule is CCCN1C(=O)N/C(=C/c2cc(C)n(-c3ccc(C(=O)OC)cc3)c2C)C1=O. The van der Waals surface area contributed by atoms with E-state index in [1.54, 1.807) is 18.2 Å². The quantitative estimate of drug-likeness (QED) is 0.490. The summed E-state index contributed by atoms with van der Waals surface area (Å²) in [5.41, 5.74) is 4.38. The molecule has 2 heterocycles. The van der Waals surface area contributed by atoms with Gasteiger partial charge in [0.05, 0.1) is 12.7 Å². The lowest BCUT2D eigenvalue weighted by atomic mass is 10.2. The molecule has 1 fully saturated rings. The molecule has 0 atom stereocenters. The molecule has 1 saturated heterocycles. The zero-order chi connectivity index (χ0) is 20.4. The van der Waals surface area contributed by atoms with Crippen LogP contribution < -0.4 is 5.32 Å². The van der Waals surface area contributed by atoms with Crippen LogP contribution in [-0.2, 0) is 9.53 Å². The Labute approximate surface area is 163 Å². The van der Waals surface area contributed by atoms with E-state index in [1.165, 1.54) is 12.0 Å². The normalized spacial score (nSPS) is 15.3. The summed E-state index contributed by atoms with van der Waals surface area (Å²) in [5, 5.41) is 2.65. The summed E-state index contributed by atoms with van der Waals surface area (Å²) < 4.78 is 6.75. The van der Waals surface area contributed by atoms with Crippen molar-refractivity contribution in [3.05, 3.63) is 58.5 Å². The van der Waals surface area contributed by atoms with E-state index in [-0.39, 0.29) is 23.6 Å². The smallest absolute Gasteiger partial charge is 0.337 e. The molecule has 0 bridgehead atoms. The fourth-order valence-electron chi connectivity index (χ4n) is 3.35. The van der Waals surface area contributed by atoms with Crippen LogP contribution in [0.25, 0.3) is 11.8 Å². The van der Waals surface area contributed by atoms with E-state index in [1.807, 2.05) is 43.5 Å². The number of amides is 3. The molecule has 0 spiro atoms. The number of carbonyl (C=O) groups is 3. The number of nitrogens with one attached hydrogen (secondary N) is 1. The minimum atomic E-state index is -0.384. The summed E-state index contributed by atoms with van der Waals surface area (Å²) in [6.07, 6.45) is 2.42. The molecule has 7 heteroatoms. The highest BCUT2D eigenvalue weighted by atomic mass is 16.5.